The Bertz CT molecular complexity index is 1240. The van der Waals surface area contributed by atoms with Crippen LogP contribution in [0.4, 0.5) is 10.1 Å². The van der Waals surface area contributed by atoms with Gasteiger partial charge in [0.15, 0.2) is 5.69 Å². The predicted octanol–water partition coefficient (Wildman–Crippen LogP) is 3.31. The Labute approximate surface area is 191 Å². The second-order valence-corrected chi connectivity index (χ2v) is 8.74. The fourth-order valence-corrected chi connectivity index (χ4v) is 4.23. The van der Waals surface area contributed by atoms with Crippen LogP contribution in [0, 0.1) is 11.7 Å². The lowest BCUT2D eigenvalue weighted by Gasteiger charge is -2.30. The molecule has 1 aromatic heterocycles. The molecule has 1 unspecified atom stereocenters. The number of rotatable bonds is 6. The Hall–Kier alpha value is -3.68. The zero-order valence-corrected chi connectivity index (χ0v) is 18.9. The summed E-state index contributed by atoms with van der Waals surface area (Å²) in [6, 6.07) is 13.5. The third kappa shape index (κ3) is 4.46. The number of benzene rings is 2. The zero-order valence-electron chi connectivity index (χ0n) is 18.9. The Morgan fingerprint density at radius 2 is 1.91 bits per heavy atom. The molecule has 0 bridgehead atoms. The van der Waals surface area contributed by atoms with Crippen molar-refractivity contribution in [2.45, 2.75) is 32.9 Å². The normalized spacial score (nSPS) is 15.1. The maximum Gasteiger partial charge on any atom is 0.296 e. The van der Waals surface area contributed by atoms with Crippen LogP contribution in [0.1, 0.15) is 47.3 Å². The zero-order chi connectivity index (χ0) is 23.7. The minimum atomic E-state index is -0.691. The third-order valence-electron chi connectivity index (χ3n) is 5.83. The highest BCUT2D eigenvalue weighted by Crippen LogP contribution is 2.40. The average Bonchev–Trinajstić information content (AvgIpc) is 3.14. The minimum Gasteiger partial charge on any atom is -0.501 e. The summed E-state index contributed by atoms with van der Waals surface area (Å²) in [4.78, 5) is 32.4. The smallest absolute Gasteiger partial charge is 0.296 e. The number of aromatic hydroxyl groups is 1. The molecule has 1 atom stereocenters. The van der Waals surface area contributed by atoms with Crippen molar-refractivity contribution in [3.05, 3.63) is 87.3 Å². The summed E-state index contributed by atoms with van der Waals surface area (Å²) in [6.07, 6.45) is 0.643. The summed E-state index contributed by atoms with van der Waals surface area (Å²) in [7, 11) is 1.56. The van der Waals surface area contributed by atoms with Gasteiger partial charge in [-0.15, -0.1) is 0 Å². The molecule has 0 saturated carbocycles. The Morgan fingerprint density at radius 1 is 1.21 bits per heavy atom. The molecule has 1 aliphatic rings. The van der Waals surface area contributed by atoms with E-state index in [1.807, 2.05) is 18.2 Å². The number of hydrogen-bond donors (Lipinski definition) is 2. The average molecular weight is 451 g/mol. The van der Waals surface area contributed by atoms with E-state index in [4.69, 9.17) is 0 Å². The molecule has 0 aliphatic carbocycles. The maximum atomic E-state index is 13.1. The number of para-hydroxylation sites is 1. The van der Waals surface area contributed by atoms with E-state index in [1.165, 1.54) is 16.7 Å². The molecule has 4 rings (SSSR count). The Kier molecular flexibility index (Phi) is 6.18. The van der Waals surface area contributed by atoms with E-state index in [2.05, 4.69) is 35.1 Å². The number of anilines is 1. The number of aromatic nitrogens is 2. The lowest BCUT2D eigenvalue weighted by molar-refractivity contribution is 0.0941. The predicted molar refractivity (Wildman–Crippen MR) is 124 cm³/mol. The molecule has 2 heterocycles. The SMILES string of the molecule is CC(C)CN1c2ccccc2CC1c1nc(C(=O)NCc2ccc(F)cc2)c(O)c(=O)n1C. The van der Waals surface area contributed by atoms with Crippen molar-refractivity contribution in [3.63, 3.8) is 0 Å². The first-order valence-corrected chi connectivity index (χ1v) is 10.9. The second kappa shape index (κ2) is 9.05. The van der Waals surface area contributed by atoms with Crippen molar-refractivity contribution in [2.75, 3.05) is 11.4 Å². The first-order valence-electron chi connectivity index (χ1n) is 10.9. The van der Waals surface area contributed by atoms with Crippen molar-refractivity contribution in [1.82, 2.24) is 14.9 Å². The molecule has 0 radical (unpaired) electrons. The first-order chi connectivity index (χ1) is 15.8. The molecule has 0 fully saturated rings. The monoisotopic (exact) mass is 450 g/mol. The van der Waals surface area contributed by atoms with Crippen molar-refractivity contribution < 1.29 is 14.3 Å². The highest BCUT2D eigenvalue weighted by atomic mass is 19.1. The van der Waals surface area contributed by atoms with Crippen LogP contribution in [0.25, 0.3) is 0 Å². The molecule has 1 amide bonds. The molecule has 33 heavy (non-hydrogen) atoms. The number of carbonyl (C=O) groups is 1. The van der Waals surface area contributed by atoms with Gasteiger partial charge in [0.1, 0.15) is 11.6 Å². The molecule has 172 valence electrons. The van der Waals surface area contributed by atoms with Gasteiger partial charge in [0.2, 0.25) is 5.75 Å². The molecule has 0 spiro atoms. The quantitative estimate of drug-likeness (QED) is 0.602. The number of carbonyl (C=O) groups excluding carboxylic acids is 1. The third-order valence-corrected chi connectivity index (χ3v) is 5.83. The van der Waals surface area contributed by atoms with E-state index in [0.717, 1.165) is 17.8 Å². The van der Waals surface area contributed by atoms with E-state index in [9.17, 15) is 19.1 Å². The summed E-state index contributed by atoms with van der Waals surface area (Å²) < 4.78 is 14.4. The first kappa shape index (κ1) is 22.5. The molecule has 7 nitrogen and oxygen atoms in total. The highest BCUT2D eigenvalue weighted by molar-refractivity contribution is 5.94. The van der Waals surface area contributed by atoms with E-state index in [1.54, 1.807) is 19.2 Å². The van der Waals surface area contributed by atoms with Gasteiger partial charge in [-0.25, -0.2) is 9.37 Å². The lowest BCUT2D eigenvalue weighted by atomic mass is 10.1. The van der Waals surface area contributed by atoms with E-state index < -0.39 is 17.2 Å². The molecule has 2 N–H and O–H groups in total. The van der Waals surface area contributed by atoms with Gasteiger partial charge < -0.3 is 15.3 Å². The highest BCUT2D eigenvalue weighted by Gasteiger charge is 2.34. The van der Waals surface area contributed by atoms with Crippen molar-refractivity contribution >= 4 is 11.6 Å². The van der Waals surface area contributed by atoms with Crippen LogP contribution < -0.4 is 15.8 Å². The van der Waals surface area contributed by atoms with Gasteiger partial charge in [-0.2, -0.15) is 0 Å². The van der Waals surface area contributed by atoms with Gasteiger partial charge in [-0.3, -0.25) is 14.2 Å². The second-order valence-electron chi connectivity index (χ2n) is 8.74. The van der Waals surface area contributed by atoms with Crippen molar-refractivity contribution in [1.29, 1.82) is 0 Å². The maximum absolute atomic E-state index is 13.1. The topological polar surface area (TPSA) is 87.5 Å². The summed E-state index contributed by atoms with van der Waals surface area (Å²) in [5.74, 6) is -0.942. The number of fused-ring (bicyclic) bond motifs is 1. The number of nitrogens with zero attached hydrogens (tertiary/aromatic N) is 3. The van der Waals surface area contributed by atoms with Gasteiger partial charge >= 0.3 is 0 Å². The van der Waals surface area contributed by atoms with E-state index >= 15 is 0 Å². The summed E-state index contributed by atoms with van der Waals surface area (Å²) >= 11 is 0. The van der Waals surface area contributed by atoms with Crippen molar-refractivity contribution in [3.8, 4) is 5.75 Å². The summed E-state index contributed by atoms with van der Waals surface area (Å²) in [6.45, 7) is 5.11. The molecule has 0 saturated heterocycles. The van der Waals surface area contributed by atoms with Gasteiger partial charge in [0, 0.05) is 32.2 Å². The number of amides is 1. The van der Waals surface area contributed by atoms with Crippen molar-refractivity contribution in [2.24, 2.45) is 13.0 Å². The van der Waals surface area contributed by atoms with E-state index in [0.29, 0.717) is 23.7 Å². The Balaban J connectivity index is 1.67. The van der Waals surface area contributed by atoms with Gasteiger partial charge in [-0.05, 0) is 35.2 Å². The Morgan fingerprint density at radius 3 is 2.61 bits per heavy atom. The molecule has 1 aliphatic heterocycles. The lowest BCUT2D eigenvalue weighted by Crippen LogP contribution is -2.36. The fraction of sp³-hybridized carbons (Fsp3) is 0.320. The molecular formula is C25H27FN4O3. The molecular weight excluding hydrogens is 423 g/mol. The van der Waals surface area contributed by atoms with Crippen LogP contribution in [-0.4, -0.2) is 27.1 Å². The largest absolute Gasteiger partial charge is 0.501 e. The minimum absolute atomic E-state index is 0.110. The van der Waals surface area contributed by atoms with Gasteiger partial charge in [-0.1, -0.05) is 44.2 Å². The standard InChI is InChI=1S/C25H27FN4O3/c1-15(2)14-30-19-7-5-4-6-17(19)12-20(30)23-28-21(22(31)25(33)29(23)3)24(32)27-13-16-8-10-18(26)11-9-16/h4-11,15,20,31H,12-14H2,1-3H3,(H,27,32). The van der Waals surface area contributed by atoms with Crippen LogP contribution in [0.5, 0.6) is 5.75 Å². The van der Waals surface area contributed by atoms with Gasteiger partial charge in [0.05, 0.1) is 6.04 Å². The van der Waals surface area contributed by atoms with Crippen LogP contribution in [0.3, 0.4) is 0 Å². The van der Waals surface area contributed by atoms with Crippen LogP contribution >= 0.6 is 0 Å². The molecule has 2 aromatic carbocycles. The van der Waals surface area contributed by atoms with Crippen LogP contribution in [0.2, 0.25) is 0 Å². The number of halogens is 1. The summed E-state index contributed by atoms with van der Waals surface area (Å²) in [5.41, 5.74) is 1.93. The molecule has 3 aromatic rings. The summed E-state index contributed by atoms with van der Waals surface area (Å²) in [5, 5.41) is 13.1. The van der Waals surface area contributed by atoms with Gasteiger partial charge in [0.25, 0.3) is 11.5 Å². The van der Waals surface area contributed by atoms with Crippen LogP contribution in [-0.2, 0) is 20.0 Å². The van der Waals surface area contributed by atoms with E-state index in [-0.39, 0.29) is 24.1 Å². The number of hydrogen-bond acceptors (Lipinski definition) is 5. The fourth-order valence-electron chi connectivity index (χ4n) is 4.23. The molecule has 8 heteroatoms. The van der Waals surface area contributed by atoms with Crippen LogP contribution in [0.15, 0.2) is 53.3 Å². The number of nitrogens with one attached hydrogen (secondary N) is 1.